The van der Waals surface area contributed by atoms with Gasteiger partial charge >= 0.3 is 6.09 Å². The third kappa shape index (κ3) is 5.32. The number of alkyl carbamates (subject to hydrolysis) is 1. The molecule has 0 saturated carbocycles. The quantitative estimate of drug-likeness (QED) is 0.456. The molecule has 1 aliphatic heterocycles. The van der Waals surface area contributed by atoms with Crippen LogP contribution in [0.5, 0.6) is 0 Å². The Balaban J connectivity index is 1.50. The van der Waals surface area contributed by atoms with Gasteiger partial charge in [-0.15, -0.1) is 0 Å². The molecule has 0 unspecified atom stereocenters. The van der Waals surface area contributed by atoms with Gasteiger partial charge in [-0.25, -0.2) is 9.78 Å². The summed E-state index contributed by atoms with van der Waals surface area (Å²) in [4.78, 5) is 46.4. The zero-order valence-corrected chi connectivity index (χ0v) is 21.1. The third-order valence-corrected chi connectivity index (χ3v) is 6.66. The standard InChI is InChI=1S/C28H32N4O4/c1-17(2)25(31-28(35)36-4)27(34)32-15-5-6-24(32)26-29-16-23(30-26)22-13-11-21(12-14-22)20-9-7-19(8-10-20)18(3)33/h7-14,16-17,24-25H,5-6,15H2,1-4H3,(H,29,30)(H,31,35)/t24-,25-/m0/s1. The maximum Gasteiger partial charge on any atom is 0.407 e. The molecule has 8 nitrogen and oxygen atoms in total. The average Bonchev–Trinajstić information content (AvgIpc) is 3.56. The number of hydrogen-bond donors (Lipinski definition) is 2. The molecular formula is C28H32N4O4. The Kier molecular flexibility index (Phi) is 7.52. The van der Waals surface area contributed by atoms with Crippen LogP contribution >= 0.6 is 0 Å². The number of carbonyl (C=O) groups is 3. The predicted octanol–water partition coefficient (Wildman–Crippen LogP) is 4.99. The number of Topliss-reactive ketones (excluding diaryl/α,β-unsaturated/α-hetero) is 1. The Bertz CT molecular complexity index is 1230. The van der Waals surface area contributed by atoms with Gasteiger partial charge in [0.25, 0.3) is 0 Å². The molecule has 188 valence electrons. The molecule has 0 radical (unpaired) electrons. The molecule has 36 heavy (non-hydrogen) atoms. The van der Waals surface area contributed by atoms with Crippen molar-refractivity contribution in [1.82, 2.24) is 20.2 Å². The van der Waals surface area contributed by atoms with Crippen molar-refractivity contribution in [2.24, 2.45) is 5.92 Å². The van der Waals surface area contributed by atoms with Crippen molar-refractivity contribution in [2.75, 3.05) is 13.7 Å². The fraction of sp³-hybridized carbons (Fsp3) is 0.357. The van der Waals surface area contributed by atoms with E-state index >= 15 is 0 Å². The van der Waals surface area contributed by atoms with E-state index in [1.807, 2.05) is 62.4 Å². The zero-order chi connectivity index (χ0) is 25.8. The molecule has 2 atom stereocenters. The molecule has 2 heterocycles. The van der Waals surface area contributed by atoms with E-state index in [4.69, 9.17) is 4.74 Å². The van der Waals surface area contributed by atoms with Crippen LogP contribution in [-0.4, -0.2) is 52.3 Å². The van der Waals surface area contributed by atoms with Gasteiger partial charge in [0.05, 0.1) is 25.0 Å². The van der Waals surface area contributed by atoms with Gasteiger partial charge in [-0.2, -0.15) is 0 Å². The van der Waals surface area contributed by atoms with E-state index in [1.54, 1.807) is 18.0 Å². The topological polar surface area (TPSA) is 104 Å². The number of aromatic nitrogens is 2. The number of imidazole rings is 1. The monoisotopic (exact) mass is 488 g/mol. The highest BCUT2D eigenvalue weighted by atomic mass is 16.5. The minimum Gasteiger partial charge on any atom is -0.453 e. The van der Waals surface area contributed by atoms with E-state index < -0.39 is 12.1 Å². The lowest BCUT2D eigenvalue weighted by molar-refractivity contribution is -0.135. The minimum atomic E-state index is -0.662. The van der Waals surface area contributed by atoms with Gasteiger partial charge in [0.1, 0.15) is 11.9 Å². The maximum absolute atomic E-state index is 13.3. The predicted molar refractivity (Wildman–Crippen MR) is 137 cm³/mol. The van der Waals surface area contributed by atoms with Crippen LogP contribution in [0.25, 0.3) is 22.4 Å². The number of methoxy groups -OCH3 is 1. The first-order valence-electron chi connectivity index (χ1n) is 12.2. The van der Waals surface area contributed by atoms with Crippen molar-refractivity contribution in [1.29, 1.82) is 0 Å². The van der Waals surface area contributed by atoms with Crippen LogP contribution in [0.15, 0.2) is 54.7 Å². The number of amides is 2. The summed E-state index contributed by atoms with van der Waals surface area (Å²) in [6.45, 7) is 5.97. The Morgan fingerprint density at radius 2 is 1.64 bits per heavy atom. The van der Waals surface area contributed by atoms with E-state index in [0.717, 1.165) is 41.1 Å². The Hall–Kier alpha value is -3.94. The Labute approximate surface area is 211 Å². The van der Waals surface area contributed by atoms with Crippen LogP contribution in [0.3, 0.4) is 0 Å². The lowest BCUT2D eigenvalue weighted by Crippen LogP contribution is -2.51. The molecule has 1 saturated heterocycles. The molecule has 3 aromatic rings. The summed E-state index contributed by atoms with van der Waals surface area (Å²) in [6, 6.07) is 14.9. The third-order valence-electron chi connectivity index (χ3n) is 6.66. The first-order valence-corrected chi connectivity index (χ1v) is 12.2. The molecule has 0 aliphatic carbocycles. The highest BCUT2D eigenvalue weighted by Gasteiger charge is 2.37. The molecule has 8 heteroatoms. The fourth-order valence-electron chi connectivity index (χ4n) is 4.59. The van der Waals surface area contributed by atoms with Crippen LogP contribution in [0, 0.1) is 5.92 Å². The molecule has 1 aliphatic rings. The SMILES string of the molecule is COC(=O)N[C@H](C(=O)N1CCC[C@H]1c1ncc(-c2ccc(-c3ccc(C(C)=O)cc3)cc2)[nH]1)C(C)C. The summed E-state index contributed by atoms with van der Waals surface area (Å²) >= 11 is 0. The molecule has 2 N–H and O–H groups in total. The van der Waals surface area contributed by atoms with Gasteiger partial charge in [0, 0.05) is 12.1 Å². The van der Waals surface area contributed by atoms with Crippen molar-refractivity contribution < 1.29 is 19.1 Å². The molecule has 4 rings (SSSR count). The summed E-state index contributed by atoms with van der Waals surface area (Å²) in [5, 5.41) is 2.67. The van der Waals surface area contributed by atoms with Crippen molar-refractivity contribution in [3.8, 4) is 22.4 Å². The summed E-state index contributed by atoms with van der Waals surface area (Å²) in [5.74, 6) is 0.576. The van der Waals surface area contributed by atoms with Gasteiger partial charge in [0.15, 0.2) is 5.78 Å². The highest BCUT2D eigenvalue weighted by molar-refractivity contribution is 5.94. The first-order chi connectivity index (χ1) is 17.3. The van der Waals surface area contributed by atoms with E-state index in [1.165, 1.54) is 7.11 Å². The number of aromatic amines is 1. The number of ether oxygens (including phenoxy) is 1. The summed E-state index contributed by atoms with van der Waals surface area (Å²) in [7, 11) is 1.29. The molecular weight excluding hydrogens is 456 g/mol. The number of likely N-dealkylation sites (tertiary alicyclic amines) is 1. The number of hydrogen-bond acceptors (Lipinski definition) is 5. The van der Waals surface area contributed by atoms with E-state index in [2.05, 4.69) is 15.3 Å². The molecule has 1 aromatic heterocycles. The lowest BCUT2D eigenvalue weighted by atomic mass is 10.0. The number of ketones is 1. The fourth-order valence-corrected chi connectivity index (χ4v) is 4.59. The van der Waals surface area contributed by atoms with E-state index in [-0.39, 0.29) is 23.7 Å². The van der Waals surface area contributed by atoms with Crippen LogP contribution < -0.4 is 5.32 Å². The number of H-pyrrole nitrogens is 1. The van der Waals surface area contributed by atoms with Crippen molar-refractivity contribution >= 4 is 17.8 Å². The number of benzene rings is 2. The van der Waals surface area contributed by atoms with Gasteiger partial charge in [-0.3, -0.25) is 9.59 Å². The molecule has 0 bridgehead atoms. The molecule has 2 amide bonds. The van der Waals surface area contributed by atoms with Crippen molar-refractivity contribution in [2.45, 2.75) is 45.7 Å². The van der Waals surface area contributed by atoms with Crippen LogP contribution in [-0.2, 0) is 9.53 Å². The first kappa shape index (κ1) is 25.2. The van der Waals surface area contributed by atoms with Crippen LogP contribution in [0.2, 0.25) is 0 Å². The van der Waals surface area contributed by atoms with Gasteiger partial charge in [0.2, 0.25) is 5.91 Å². The van der Waals surface area contributed by atoms with Gasteiger partial charge in [-0.1, -0.05) is 62.4 Å². The van der Waals surface area contributed by atoms with Crippen LogP contribution in [0.1, 0.15) is 55.8 Å². The maximum atomic E-state index is 13.3. The summed E-state index contributed by atoms with van der Waals surface area (Å²) < 4.78 is 4.71. The van der Waals surface area contributed by atoms with Gasteiger partial charge < -0.3 is 19.9 Å². The Morgan fingerprint density at radius 3 is 2.22 bits per heavy atom. The van der Waals surface area contributed by atoms with Crippen molar-refractivity contribution in [3.05, 3.63) is 66.1 Å². The Morgan fingerprint density at radius 1 is 1.03 bits per heavy atom. The number of nitrogens with one attached hydrogen (secondary N) is 2. The molecule has 0 spiro atoms. The number of nitrogens with zero attached hydrogens (tertiary/aromatic N) is 2. The number of carbonyl (C=O) groups excluding carboxylic acids is 3. The second kappa shape index (κ2) is 10.8. The summed E-state index contributed by atoms with van der Waals surface area (Å²) in [6.07, 6.45) is 2.85. The zero-order valence-electron chi connectivity index (χ0n) is 21.1. The average molecular weight is 489 g/mol. The smallest absolute Gasteiger partial charge is 0.407 e. The second-order valence-corrected chi connectivity index (χ2v) is 9.44. The lowest BCUT2D eigenvalue weighted by Gasteiger charge is -2.30. The van der Waals surface area contributed by atoms with Crippen molar-refractivity contribution in [3.63, 3.8) is 0 Å². The van der Waals surface area contributed by atoms with E-state index in [0.29, 0.717) is 12.1 Å². The molecule has 2 aromatic carbocycles. The normalized spacial score (nSPS) is 16.1. The van der Waals surface area contributed by atoms with Crippen LogP contribution in [0.4, 0.5) is 4.79 Å². The molecule has 1 fully saturated rings. The highest BCUT2D eigenvalue weighted by Crippen LogP contribution is 2.33. The second-order valence-electron chi connectivity index (χ2n) is 9.44. The minimum absolute atomic E-state index is 0.0499. The van der Waals surface area contributed by atoms with Gasteiger partial charge in [-0.05, 0) is 42.4 Å². The largest absolute Gasteiger partial charge is 0.453 e. The number of rotatable bonds is 7. The summed E-state index contributed by atoms with van der Waals surface area (Å²) in [5.41, 5.74) is 4.65. The van der Waals surface area contributed by atoms with E-state index in [9.17, 15) is 14.4 Å².